The number of hydrogen-bond acceptors (Lipinski definition) is 3. The van der Waals surface area contributed by atoms with E-state index in [-0.39, 0.29) is 0 Å². The van der Waals surface area contributed by atoms with Crippen molar-refractivity contribution in [1.29, 1.82) is 0 Å². The molecule has 74 valence electrons. The number of carboxylic acid groups (broad SMARTS) is 4. The maximum atomic E-state index is 8.56. The van der Waals surface area contributed by atoms with Gasteiger partial charge in [0, 0.05) is 6.61 Å². The Balaban J connectivity index is -0.000000101. The number of rotatable bonds is 1. The number of carbonyl (C=O) groups is 2. The second kappa shape index (κ2) is 16.2. The highest BCUT2D eigenvalue weighted by Gasteiger charge is 1.70. The van der Waals surface area contributed by atoms with Gasteiger partial charge in [0.1, 0.15) is 0 Å². The van der Waals surface area contributed by atoms with Gasteiger partial charge in [0.2, 0.25) is 0 Å². The lowest BCUT2D eigenvalue weighted by Crippen LogP contribution is -1.81. The van der Waals surface area contributed by atoms with Crippen LogP contribution in [0.5, 0.6) is 0 Å². The van der Waals surface area contributed by atoms with Crippen LogP contribution in [0.2, 0.25) is 0 Å². The first-order valence-electron chi connectivity index (χ1n) is 2.83. The molecule has 0 unspecified atom stereocenters. The summed E-state index contributed by atoms with van der Waals surface area (Å²) < 4.78 is 0. The van der Waals surface area contributed by atoms with E-state index < -0.39 is 12.3 Å². The zero-order valence-electron chi connectivity index (χ0n) is 6.47. The molecular formula is C5H12O7. The molecule has 0 aliphatic rings. The third kappa shape index (κ3) is 1910. The Hall–Kier alpha value is -1.50. The predicted molar refractivity (Wildman–Crippen MR) is 38.7 cm³/mol. The zero-order chi connectivity index (χ0) is 10.6. The summed E-state index contributed by atoms with van der Waals surface area (Å²) in [5, 5.41) is 35.8. The van der Waals surface area contributed by atoms with Crippen molar-refractivity contribution in [2.24, 2.45) is 0 Å². The summed E-state index contributed by atoms with van der Waals surface area (Å²) in [4.78, 5) is 17.1. The van der Waals surface area contributed by atoms with Gasteiger partial charge in [0.05, 0.1) is 0 Å². The minimum Gasteiger partial charge on any atom is -0.450 e. The summed E-state index contributed by atoms with van der Waals surface area (Å²) in [7, 11) is 0. The molecule has 0 aromatic heterocycles. The van der Waals surface area contributed by atoms with Crippen LogP contribution < -0.4 is 0 Å². The smallest absolute Gasteiger partial charge is 0.450 e. The third-order valence-electron chi connectivity index (χ3n) is 0.224. The molecule has 0 radical (unpaired) electrons. The fourth-order valence-corrected chi connectivity index (χ4v) is 0. The maximum absolute atomic E-state index is 8.56. The van der Waals surface area contributed by atoms with Crippen molar-refractivity contribution in [2.75, 3.05) is 6.61 Å². The highest BCUT2D eigenvalue weighted by atomic mass is 16.6. The molecule has 7 nitrogen and oxygen atoms in total. The molecular weight excluding hydrogens is 172 g/mol. The van der Waals surface area contributed by atoms with Crippen LogP contribution in [0.15, 0.2) is 0 Å². The van der Waals surface area contributed by atoms with E-state index in [0.717, 1.165) is 6.42 Å². The highest BCUT2D eigenvalue weighted by Crippen LogP contribution is 1.61. The zero-order valence-corrected chi connectivity index (χ0v) is 6.47. The quantitative estimate of drug-likeness (QED) is 0.407. The van der Waals surface area contributed by atoms with Gasteiger partial charge in [-0.1, -0.05) is 6.92 Å². The molecule has 7 heteroatoms. The molecule has 0 saturated carbocycles. The first-order valence-corrected chi connectivity index (χ1v) is 2.83. The fraction of sp³-hybridized carbons (Fsp3) is 0.600. The maximum Gasteiger partial charge on any atom is 0.503 e. The summed E-state index contributed by atoms with van der Waals surface area (Å²) in [6.45, 7) is 2.25. The third-order valence-corrected chi connectivity index (χ3v) is 0.224. The standard InChI is InChI=1S/C3H8O.2CH2O3/c1-2-3-4;2*2-1(3)4/h4H,2-3H2,1H3;2*(H2,2,3,4). The summed E-state index contributed by atoms with van der Waals surface area (Å²) in [6.07, 6.45) is -2.79. The van der Waals surface area contributed by atoms with Crippen molar-refractivity contribution in [2.45, 2.75) is 13.3 Å². The number of aliphatic hydroxyl groups excluding tert-OH is 1. The van der Waals surface area contributed by atoms with Gasteiger partial charge in [0.15, 0.2) is 0 Å². The van der Waals surface area contributed by atoms with E-state index in [1.165, 1.54) is 0 Å². The number of aliphatic hydroxyl groups is 1. The summed E-state index contributed by atoms with van der Waals surface area (Å²) in [5.41, 5.74) is 0. The van der Waals surface area contributed by atoms with Crippen LogP contribution in [0.1, 0.15) is 13.3 Å². The monoisotopic (exact) mass is 184 g/mol. The summed E-state index contributed by atoms with van der Waals surface area (Å²) >= 11 is 0. The van der Waals surface area contributed by atoms with Crippen molar-refractivity contribution < 1.29 is 35.1 Å². The van der Waals surface area contributed by atoms with Crippen molar-refractivity contribution in [1.82, 2.24) is 0 Å². The van der Waals surface area contributed by atoms with Gasteiger partial charge in [-0.3, -0.25) is 0 Å². The van der Waals surface area contributed by atoms with Crippen molar-refractivity contribution >= 4 is 12.3 Å². The van der Waals surface area contributed by atoms with Gasteiger partial charge in [-0.25, -0.2) is 9.59 Å². The molecule has 5 N–H and O–H groups in total. The second-order valence-electron chi connectivity index (χ2n) is 1.29. The van der Waals surface area contributed by atoms with Gasteiger partial charge in [-0.15, -0.1) is 0 Å². The Labute approximate surface area is 68.5 Å². The Morgan fingerprint density at radius 3 is 1.08 bits per heavy atom. The average molecular weight is 184 g/mol. The summed E-state index contributed by atoms with van der Waals surface area (Å²) in [6, 6.07) is 0. The van der Waals surface area contributed by atoms with Crippen LogP contribution in [0.25, 0.3) is 0 Å². The summed E-state index contributed by atoms with van der Waals surface area (Å²) in [5.74, 6) is 0. The topological polar surface area (TPSA) is 135 Å². The van der Waals surface area contributed by atoms with Gasteiger partial charge in [-0.05, 0) is 6.42 Å². The molecule has 12 heavy (non-hydrogen) atoms. The lowest BCUT2D eigenvalue weighted by Gasteiger charge is -1.69. The van der Waals surface area contributed by atoms with Crippen molar-refractivity contribution in [3.8, 4) is 0 Å². The molecule has 0 rings (SSSR count). The minimum absolute atomic E-state index is 0.319. The van der Waals surface area contributed by atoms with Crippen LogP contribution in [0.4, 0.5) is 9.59 Å². The molecule has 0 spiro atoms. The van der Waals surface area contributed by atoms with Gasteiger partial charge >= 0.3 is 12.3 Å². The van der Waals surface area contributed by atoms with E-state index in [9.17, 15) is 0 Å². The predicted octanol–water partition coefficient (Wildman–Crippen LogP) is 0.834. The SMILES string of the molecule is CCCO.O=C(O)O.O=C(O)O. The molecule has 0 aliphatic heterocycles. The van der Waals surface area contributed by atoms with E-state index in [0.29, 0.717) is 6.61 Å². The van der Waals surface area contributed by atoms with Crippen LogP contribution in [-0.4, -0.2) is 44.5 Å². The molecule has 0 atom stereocenters. The van der Waals surface area contributed by atoms with Crippen LogP contribution in [0.3, 0.4) is 0 Å². The molecule has 0 fully saturated rings. The highest BCUT2D eigenvalue weighted by molar-refractivity contribution is 5.53. The first-order chi connectivity index (χ1) is 5.38. The minimum atomic E-state index is -1.83. The Bertz CT molecular complexity index is 88.4. The lowest BCUT2D eigenvalue weighted by molar-refractivity contribution is 0.135. The molecule has 0 saturated heterocycles. The van der Waals surface area contributed by atoms with Crippen molar-refractivity contribution in [3.05, 3.63) is 0 Å². The molecule has 0 aromatic rings. The van der Waals surface area contributed by atoms with E-state index >= 15 is 0 Å². The molecule has 0 bridgehead atoms. The molecule has 0 heterocycles. The Kier molecular flexibility index (Phi) is 22.8. The van der Waals surface area contributed by atoms with E-state index in [1.807, 2.05) is 6.92 Å². The van der Waals surface area contributed by atoms with Crippen LogP contribution >= 0.6 is 0 Å². The van der Waals surface area contributed by atoms with Gasteiger partial charge in [0.25, 0.3) is 0 Å². The van der Waals surface area contributed by atoms with Gasteiger partial charge in [-0.2, -0.15) is 0 Å². The second-order valence-corrected chi connectivity index (χ2v) is 1.29. The Morgan fingerprint density at radius 1 is 1.00 bits per heavy atom. The average Bonchev–Trinajstić information content (AvgIpc) is 1.85. The van der Waals surface area contributed by atoms with E-state index in [4.69, 9.17) is 35.1 Å². The Morgan fingerprint density at radius 2 is 1.08 bits per heavy atom. The van der Waals surface area contributed by atoms with Crippen LogP contribution in [-0.2, 0) is 0 Å². The largest absolute Gasteiger partial charge is 0.503 e. The lowest BCUT2D eigenvalue weighted by atomic mass is 10.5. The first kappa shape index (κ1) is 16.8. The van der Waals surface area contributed by atoms with Gasteiger partial charge < -0.3 is 25.5 Å². The normalized spacial score (nSPS) is 6.50. The van der Waals surface area contributed by atoms with E-state index in [2.05, 4.69) is 0 Å². The molecule has 0 amide bonds. The van der Waals surface area contributed by atoms with Crippen molar-refractivity contribution in [3.63, 3.8) is 0 Å². The van der Waals surface area contributed by atoms with E-state index in [1.54, 1.807) is 0 Å². The fourth-order valence-electron chi connectivity index (χ4n) is 0. The van der Waals surface area contributed by atoms with Crippen LogP contribution in [0, 0.1) is 0 Å². The molecule has 0 aromatic carbocycles. The molecule has 0 aliphatic carbocycles. The number of hydrogen-bond donors (Lipinski definition) is 5.